The molecule has 210 valence electrons. The number of thioether (sulfide) groups is 1. The maximum atomic E-state index is 12.9. The first kappa shape index (κ1) is 30.1. The number of carbonyl (C=O) groups excluding carboxylic acids is 4. The van der Waals surface area contributed by atoms with Crippen LogP contribution in [0, 0.1) is 6.92 Å². The Morgan fingerprint density at radius 3 is 2.27 bits per heavy atom. The summed E-state index contributed by atoms with van der Waals surface area (Å²) in [7, 11) is 1.23. The standard InChI is InChI=1S/C29H23Cl2N3O5S2/c1-16-24(29(38)39-2)28(41-25(16)27(37)32-18-7-4-3-5-8-18)34-23(35)15-40-20-10-6-9-19(14-20)33-26(36)21-12-11-17(30)13-22(21)31/h3-14H,15H2,1-2H3,(H,32,37)(H,33,36)(H,34,35). The Balaban J connectivity index is 1.43. The number of methoxy groups -OCH3 is 1. The van der Waals surface area contributed by atoms with Crippen molar-refractivity contribution in [1.29, 1.82) is 0 Å². The summed E-state index contributed by atoms with van der Waals surface area (Å²) in [6.45, 7) is 1.63. The monoisotopic (exact) mass is 627 g/mol. The van der Waals surface area contributed by atoms with Gasteiger partial charge in [0.15, 0.2) is 0 Å². The van der Waals surface area contributed by atoms with Crippen LogP contribution in [0.3, 0.4) is 0 Å². The molecule has 4 rings (SSSR count). The van der Waals surface area contributed by atoms with E-state index in [1.54, 1.807) is 61.5 Å². The summed E-state index contributed by atoms with van der Waals surface area (Å²) in [4.78, 5) is 52.0. The van der Waals surface area contributed by atoms with Gasteiger partial charge in [-0.3, -0.25) is 14.4 Å². The summed E-state index contributed by atoms with van der Waals surface area (Å²) in [5.74, 6) is -1.85. The van der Waals surface area contributed by atoms with Crippen LogP contribution in [0.1, 0.15) is 36.0 Å². The van der Waals surface area contributed by atoms with E-state index in [0.29, 0.717) is 22.0 Å². The van der Waals surface area contributed by atoms with Crippen LogP contribution in [0.5, 0.6) is 0 Å². The minimum atomic E-state index is -0.662. The second-order valence-electron chi connectivity index (χ2n) is 8.52. The molecule has 4 aromatic rings. The number of esters is 1. The van der Waals surface area contributed by atoms with Gasteiger partial charge in [-0.1, -0.05) is 47.5 Å². The smallest absolute Gasteiger partial charge is 0.341 e. The molecular formula is C29H23Cl2N3O5S2. The Morgan fingerprint density at radius 1 is 0.854 bits per heavy atom. The summed E-state index contributed by atoms with van der Waals surface area (Å²) in [6, 6.07) is 20.5. The van der Waals surface area contributed by atoms with E-state index in [-0.39, 0.29) is 37.7 Å². The number of anilines is 3. The summed E-state index contributed by atoms with van der Waals surface area (Å²) in [6.07, 6.45) is 0. The Kier molecular flexibility index (Phi) is 10.1. The summed E-state index contributed by atoms with van der Waals surface area (Å²) >= 11 is 14.3. The first-order valence-corrected chi connectivity index (χ1v) is 14.6. The molecule has 0 spiro atoms. The van der Waals surface area contributed by atoms with Crippen LogP contribution in [0.25, 0.3) is 0 Å². The van der Waals surface area contributed by atoms with E-state index in [2.05, 4.69) is 16.0 Å². The first-order valence-electron chi connectivity index (χ1n) is 12.0. The molecule has 3 N–H and O–H groups in total. The van der Waals surface area contributed by atoms with E-state index in [1.807, 2.05) is 6.07 Å². The van der Waals surface area contributed by atoms with E-state index >= 15 is 0 Å². The predicted molar refractivity (Wildman–Crippen MR) is 165 cm³/mol. The molecule has 0 fully saturated rings. The Labute approximate surface area is 254 Å². The SMILES string of the molecule is COC(=O)c1c(NC(=O)CSc2cccc(NC(=O)c3ccc(Cl)cc3Cl)c2)sc(C(=O)Nc2ccccc2)c1C. The number of hydrogen-bond donors (Lipinski definition) is 3. The lowest BCUT2D eigenvalue weighted by Gasteiger charge is -2.09. The third-order valence-electron chi connectivity index (χ3n) is 5.66. The van der Waals surface area contributed by atoms with E-state index in [1.165, 1.54) is 31.0 Å². The van der Waals surface area contributed by atoms with Crippen molar-refractivity contribution in [2.24, 2.45) is 0 Å². The predicted octanol–water partition coefficient (Wildman–Crippen LogP) is 7.39. The van der Waals surface area contributed by atoms with Crippen molar-refractivity contribution in [3.63, 3.8) is 0 Å². The van der Waals surface area contributed by atoms with Gasteiger partial charge in [-0.05, 0) is 61.0 Å². The van der Waals surface area contributed by atoms with Crippen molar-refractivity contribution in [1.82, 2.24) is 0 Å². The molecule has 12 heteroatoms. The van der Waals surface area contributed by atoms with Crippen molar-refractivity contribution < 1.29 is 23.9 Å². The third-order valence-corrected chi connectivity index (χ3v) is 8.41. The van der Waals surface area contributed by atoms with Crippen LogP contribution in [0.4, 0.5) is 16.4 Å². The molecule has 0 aliphatic carbocycles. The summed E-state index contributed by atoms with van der Waals surface area (Å²) < 4.78 is 4.90. The fraction of sp³-hybridized carbons (Fsp3) is 0.103. The molecule has 0 aliphatic rings. The zero-order valence-corrected chi connectivity index (χ0v) is 24.9. The number of thiophene rings is 1. The molecule has 0 atom stereocenters. The van der Waals surface area contributed by atoms with Gasteiger partial charge in [-0.2, -0.15) is 0 Å². The Morgan fingerprint density at radius 2 is 1.56 bits per heavy atom. The largest absolute Gasteiger partial charge is 0.465 e. The maximum absolute atomic E-state index is 12.9. The number of nitrogens with one attached hydrogen (secondary N) is 3. The van der Waals surface area contributed by atoms with Gasteiger partial charge < -0.3 is 20.7 Å². The topological polar surface area (TPSA) is 114 Å². The van der Waals surface area contributed by atoms with Gasteiger partial charge in [0, 0.05) is 21.3 Å². The van der Waals surface area contributed by atoms with Gasteiger partial charge in [0.2, 0.25) is 5.91 Å². The van der Waals surface area contributed by atoms with Crippen LogP contribution in [0.2, 0.25) is 10.0 Å². The van der Waals surface area contributed by atoms with Gasteiger partial charge in [-0.15, -0.1) is 23.1 Å². The van der Waals surface area contributed by atoms with E-state index in [4.69, 9.17) is 27.9 Å². The number of carbonyl (C=O) groups is 4. The van der Waals surface area contributed by atoms with Gasteiger partial charge in [0.25, 0.3) is 11.8 Å². The molecule has 3 aromatic carbocycles. The lowest BCUT2D eigenvalue weighted by molar-refractivity contribution is -0.113. The average Bonchev–Trinajstić information content (AvgIpc) is 3.27. The number of halogens is 2. The van der Waals surface area contributed by atoms with Crippen molar-refractivity contribution in [2.75, 3.05) is 28.8 Å². The molecule has 41 heavy (non-hydrogen) atoms. The highest BCUT2D eigenvalue weighted by molar-refractivity contribution is 8.00. The number of ether oxygens (including phenoxy) is 1. The molecular weight excluding hydrogens is 605 g/mol. The zero-order chi connectivity index (χ0) is 29.5. The molecule has 1 aromatic heterocycles. The fourth-order valence-corrected chi connectivity index (χ4v) is 6.08. The van der Waals surface area contributed by atoms with Gasteiger partial charge in [0.05, 0.1) is 33.9 Å². The molecule has 0 unspecified atom stereocenters. The average molecular weight is 629 g/mol. The summed E-state index contributed by atoms with van der Waals surface area (Å²) in [5, 5.41) is 9.18. The van der Waals surface area contributed by atoms with E-state index < -0.39 is 17.8 Å². The van der Waals surface area contributed by atoms with Crippen molar-refractivity contribution in [3.8, 4) is 0 Å². The molecule has 0 saturated heterocycles. The highest BCUT2D eigenvalue weighted by Crippen LogP contribution is 2.35. The molecule has 1 heterocycles. The normalized spacial score (nSPS) is 10.5. The number of rotatable bonds is 9. The van der Waals surface area contributed by atoms with Gasteiger partial charge in [0.1, 0.15) is 5.00 Å². The van der Waals surface area contributed by atoms with Crippen LogP contribution < -0.4 is 16.0 Å². The van der Waals surface area contributed by atoms with Crippen molar-refractivity contribution in [3.05, 3.63) is 104 Å². The summed E-state index contributed by atoms with van der Waals surface area (Å²) in [5.41, 5.74) is 1.92. The van der Waals surface area contributed by atoms with Crippen molar-refractivity contribution in [2.45, 2.75) is 11.8 Å². The molecule has 3 amide bonds. The van der Waals surface area contributed by atoms with Crippen molar-refractivity contribution >= 4 is 86.4 Å². The van der Waals surface area contributed by atoms with Crippen LogP contribution in [-0.2, 0) is 9.53 Å². The lowest BCUT2D eigenvalue weighted by atomic mass is 10.1. The van der Waals surface area contributed by atoms with Crippen LogP contribution in [-0.4, -0.2) is 36.6 Å². The Hall–Kier alpha value is -3.83. The van der Waals surface area contributed by atoms with Gasteiger partial charge in [-0.25, -0.2) is 4.79 Å². The third kappa shape index (κ3) is 7.68. The lowest BCUT2D eigenvalue weighted by Crippen LogP contribution is -2.16. The number of amides is 3. The second-order valence-corrected chi connectivity index (χ2v) is 11.4. The fourth-order valence-electron chi connectivity index (χ4n) is 3.72. The first-order chi connectivity index (χ1) is 19.7. The molecule has 8 nitrogen and oxygen atoms in total. The van der Waals surface area contributed by atoms with Crippen LogP contribution >= 0.6 is 46.3 Å². The van der Waals surface area contributed by atoms with E-state index in [9.17, 15) is 19.2 Å². The maximum Gasteiger partial charge on any atom is 0.341 e. The number of benzene rings is 3. The number of para-hydroxylation sites is 1. The molecule has 0 saturated carbocycles. The van der Waals surface area contributed by atoms with Crippen LogP contribution in [0.15, 0.2) is 77.7 Å². The highest BCUT2D eigenvalue weighted by Gasteiger charge is 2.26. The Bertz CT molecular complexity index is 1630. The minimum absolute atomic E-state index is 0.00349. The molecule has 0 aliphatic heterocycles. The highest BCUT2D eigenvalue weighted by atomic mass is 35.5. The second kappa shape index (κ2) is 13.7. The quantitative estimate of drug-likeness (QED) is 0.132. The molecule has 0 radical (unpaired) electrons. The number of hydrogen-bond acceptors (Lipinski definition) is 7. The zero-order valence-electron chi connectivity index (χ0n) is 21.7. The van der Waals surface area contributed by atoms with E-state index in [0.717, 1.165) is 16.2 Å². The van der Waals surface area contributed by atoms with Gasteiger partial charge >= 0.3 is 5.97 Å². The molecule has 0 bridgehead atoms. The minimum Gasteiger partial charge on any atom is -0.465 e.